The second-order valence-electron chi connectivity index (χ2n) is 3.44. The van der Waals surface area contributed by atoms with Gasteiger partial charge in [-0.1, -0.05) is 0 Å². The Balaban J connectivity index is 5.31. The molecule has 0 aliphatic rings. The second-order valence-corrected chi connectivity index (χ2v) is 3.44. The lowest BCUT2D eigenvalue weighted by Crippen LogP contribution is -2.59. The van der Waals surface area contributed by atoms with Crippen LogP contribution < -0.4 is 0 Å². The highest BCUT2D eigenvalue weighted by atomic mass is 19.4. The van der Waals surface area contributed by atoms with Gasteiger partial charge in [0, 0.05) is 0 Å². The Bertz CT molecular complexity index is 366. The number of ether oxygens (including phenoxy) is 2. The van der Waals surface area contributed by atoms with Gasteiger partial charge in [0.05, 0.1) is 0 Å². The highest BCUT2D eigenvalue weighted by Gasteiger charge is 2.77. The summed E-state index contributed by atoms with van der Waals surface area (Å²) < 4.78 is 150. The molecule has 0 saturated heterocycles. The zero-order valence-corrected chi connectivity index (χ0v) is 9.53. The van der Waals surface area contributed by atoms with E-state index < -0.39 is 43.4 Å². The van der Waals surface area contributed by atoms with Gasteiger partial charge in [-0.25, -0.2) is 17.9 Å². The van der Waals surface area contributed by atoms with Crippen molar-refractivity contribution in [1.82, 2.24) is 0 Å². The summed E-state index contributed by atoms with van der Waals surface area (Å²) in [6.45, 7) is 0. The summed E-state index contributed by atoms with van der Waals surface area (Å²) in [5.74, 6) is -7.14. The second kappa shape index (κ2) is 6.27. The van der Waals surface area contributed by atoms with Gasteiger partial charge < -0.3 is 5.11 Å². The predicted molar refractivity (Wildman–Crippen MR) is 40.0 cm³/mol. The van der Waals surface area contributed by atoms with E-state index in [-0.39, 0.29) is 0 Å². The highest BCUT2D eigenvalue weighted by Crippen LogP contribution is 2.49. The van der Waals surface area contributed by atoms with Crippen molar-refractivity contribution >= 4 is 0 Å². The van der Waals surface area contributed by atoms with Gasteiger partial charge in [-0.2, -0.15) is 26.3 Å². The molecule has 0 radical (unpaired) electrons. The van der Waals surface area contributed by atoms with Gasteiger partial charge in [0.2, 0.25) is 18.9 Å². The van der Waals surface area contributed by atoms with Gasteiger partial charge in [0.1, 0.15) is 0 Å². The Kier molecular flexibility index (Phi) is 6.00. The zero-order chi connectivity index (χ0) is 18.1. The maximum absolute atomic E-state index is 12.6. The molecule has 0 aromatic heterocycles. The molecular weight excluding hydrogens is 360 g/mol. The van der Waals surface area contributed by atoms with Crippen LogP contribution >= 0.6 is 0 Å². The van der Waals surface area contributed by atoms with Crippen molar-refractivity contribution < 1.29 is 67.3 Å². The van der Waals surface area contributed by atoms with E-state index in [0.29, 0.717) is 0 Å². The van der Waals surface area contributed by atoms with E-state index in [4.69, 9.17) is 5.11 Å². The Morgan fingerprint density at radius 3 is 1.45 bits per heavy atom. The topological polar surface area (TPSA) is 38.7 Å². The van der Waals surface area contributed by atoms with Gasteiger partial charge in [-0.05, 0) is 0 Å². The van der Waals surface area contributed by atoms with Crippen LogP contribution in [0.2, 0.25) is 0 Å². The Labute approximate surface area is 112 Å². The SMILES string of the molecule is OC(F)C(F)C(F)OC(F)(F)C(F)(F)C(F)(F)OC(F)(F)F. The molecule has 0 heterocycles. The van der Waals surface area contributed by atoms with Crippen LogP contribution in [-0.2, 0) is 9.47 Å². The summed E-state index contributed by atoms with van der Waals surface area (Å²) in [6.07, 6.45) is -32.5. The largest absolute Gasteiger partial charge is 0.527 e. The maximum atomic E-state index is 12.6. The minimum absolute atomic E-state index is 1.48. The molecule has 3 unspecified atom stereocenters. The Hall–Kier alpha value is -0.960. The third-order valence-electron chi connectivity index (χ3n) is 1.75. The quantitative estimate of drug-likeness (QED) is 0.705. The fraction of sp³-hybridized carbons (Fsp3) is 1.00. The van der Waals surface area contributed by atoms with Crippen LogP contribution in [0, 0.1) is 0 Å². The molecule has 0 spiro atoms. The summed E-state index contributed by atoms with van der Waals surface area (Å²) in [5.41, 5.74) is 0. The van der Waals surface area contributed by atoms with Crippen molar-refractivity contribution in [3.8, 4) is 0 Å². The van der Waals surface area contributed by atoms with Crippen molar-refractivity contribution in [2.75, 3.05) is 0 Å². The molecule has 3 nitrogen and oxygen atoms in total. The number of halogens is 12. The number of alkyl halides is 12. The molecule has 1 N–H and O–H groups in total. The van der Waals surface area contributed by atoms with Gasteiger partial charge in [-0.15, -0.1) is 13.2 Å². The zero-order valence-electron chi connectivity index (χ0n) is 9.53. The van der Waals surface area contributed by atoms with Gasteiger partial charge >= 0.3 is 24.5 Å². The maximum Gasteiger partial charge on any atom is 0.527 e. The molecule has 0 aliphatic carbocycles. The standard InChI is InChI=1S/C7H4F12O3/c8-1(2(9)20)3(10)21-5(13,14)4(11,12)6(15,16)22-7(17,18)19/h1-3,20H. The van der Waals surface area contributed by atoms with Crippen LogP contribution in [0.1, 0.15) is 0 Å². The first kappa shape index (κ1) is 21.0. The van der Waals surface area contributed by atoms with E-state index >= 15 is 0 Å². The van der Waals surface area contributed by atoms with Crippen molar-refractivity contribution in [3.63, 3.8) is 0 Å². The Morgan fingerprint density at radius 1 is 0.727 bits per heavy atom. The van der Waals surface area contributed by atoms with E-state index in [9.17, 15) is 52.7 Å². The van der Waals surface area contributed by atoms with Crippen molar-refractivity contribution in [2.24, 2.45) is 0 Å². The van der Waals surface area contributed by atoms with Crippen LogP contribution in [0.25, 0.3) is 0 Å². The predicted octanol–water partition coefficient (Wildman–Crippen LogP) is 3.28. The minimum atomic E-state index is -7.14. The van der Waals surface area contributed by atoms with Gasteiger partial charge in [0.15, 0.2) is 0 Å². The number of rotatable bonds is 7. The van der Waals surface area contributed by atoms with E-state index in [1.54, 1.807) is 0 Å². The fourth-order valence-corrected chi connectivity index (χ4v) is 0.784. The monoisotopic (exact) mass is 364 g/mol. The fourth-order valence-electron chi connectivity index (χ4n) is 0.784. The van der Waals surface area contributed by atoms with Crippen molar-refractivity contribution in [3.05, 3.63) is 0 Å². The van der Waals surface area contributed by atoms with E-state index in [1.165, 1.54) is 4.74 Å². The molecule has 0 aromatic carbocycles. The summed E-state index contributed by atoms with van der Waals surface area (Å²) in [7, 11) is 0. The lowest BCUT2D eigenvalue weighted by Gasteiger charge is -2.32. The normalized spacial score (nSPS) is 19.0. The molecule has 22 heavy (non-hydrogen) atoms. The molecule has 0 saturated carbocycles. The molecule has 15 heteroatoms. The summed E-state index contributed by atoms with van der Waals surface area (Å²) >= 11 is 0. The third kappa shape index (κ3) is 4.77. The highest BCUT2D eigenvalue weighted by molar-refractivity contribution is 4.87. The minimum Gasteiger partial charge on any atom is -0.362 e. The molecule has 0 amide bonds. The third-order valence-corrected chi connectivity index (χ3v) is 1.75. The number of aliphatic hydroxyl groups is 1. The lowest BCUT2D eigenvalue weighted by atomic mass is 10.3. The van der Waals surface area contributed by atoms with Crippen LogP contribution in [0.5, 0.6) is 0 Å². The van der Waals surface area contributed by atoms with E-state index in [0.717, 1.165) is 0 Å². The lowest BCUT2D eigenvalue weighted by molar-refractivity contribution is -0.513. The molecule has 0 bridgehead atoms. The molecular formula is C7H4F12O3. The first-order valence-corrected chi connectivity index (χ1v) is 4.63. The molecule has 0 fully saturated rings. The molecule has 0 aliphatic heterocycles. The number of aliphatic hydroxyl groups excluding tert-OH is 1. The molecule has 0 rings (SSSR count). The smallest absolute Gasteiger partial charge is 0.362 e. The van der Waals surface area contributed by atoms with Crippen molar-refractivity contribution in [1.29, 1.82) is 0 Å². The molecule has 3 atom stereocenters. The van der Waals surface area contributed by atoms with Crippen LogP contribution in [-0.4, -0.2) is 48.5 Å². The van der Waals surface area contributed by atoms with E-state index in [1.807, 2.05) is 0 Å². The average Bonchev–Trinajstić information content (AvgIpc) is 2.23. The van der Waals surface area contributed by atoms with Crippen molar-refractivity contribution in [2.45, 2.75) is 43.4 Å². The van der Waals surface area contributed by atoms with Crippen LogP contribution in [0.4, 0.5) is 52.7 Å². The average molecular weight is 364 g/mol. The number of hydrogen-bond acceptors (Lipinski definition) is 3. The van der Waals surface area contributed by atoms with Gasteiger partial charge in [-0.3, -0.25) is 4.74 Å². The van der Waals surface area contributed by atoms with Crippen LogP contribution in [0.3, 0.4) is 0 Å². The van der Waals surface area contributed by atoms with Crippen LogP contribution in [0.15, 0.2) is 0 Å². The summed E-state index contributed by atoms with van der Waals surface area (Å²) in [5, 5.41) is 7.79. The Morgan fingerprint density at radius 2 is 1.14 bits per heavy atom. The van der Waals surface area contributed by atoms with Gasteiger partial charge in [0.25, 0.3) is 0 Å². The first-order valence-electron chi connectivity index (χ1n) is 4.63. The summed E-state index contributed by atoms with van der Waals surface area (Å²) in [6, 6.07) is 0. The molecule has 0 aromatic rings. The number of hydrogen-bond donors (Lipinski definition) is 1. The first-order chi connectivity index (χ1) is 9.44. The molecule has 134 valence electrons. The summed E-state index contributed by atoms with van der Waals surface area (Å²) in [4.78, 5) is 0. The van der Waals surface area contributed by atoms with E-state index in [2.05, 4.69) is 4.74 Å².